The van der Waals surface area contributed by atoms with E-state index in [-0.39, 0.29) is 5.41 Å². The summed E-state index contributed by atoms with van der Waals surface area (Å²) in [5.41, 5.74) is 2.53. The highest BCUT2D eigenvalue weighted by atomic mass is 35.5. The number of piperidine rings is 3. The predicted molar refractivity (Wildman–Crippen MR) is 116 cm³/mol. The van der Waals surface area contributed by atoms with Crippen LogP contribution < -0.4 is 0 Å². The van der Waals surface area contributed by atoms with E-state index >= 15 is 0 Å². The zero-order valence-electron chi connectivity index (χ0n) is 15.7. The van der Waals surface area contributed by atoms with E-state index in [1.807, 2.05) is 24.3 Å². The molecular weight excluding hydrogens is 373 g/mol. The van der Waals surface area contributed by atoms with Crippen LogP contribution in [0, 0.1) is 5.92 Å². The van der Waals surface area contributed by atoms with Crippen LogP contribution in [0.2, 0.25) is 10.0 Å². The van der Waals surface area contributed by atoms with E-state index in [2.05, 4.69) is 41.8 Å². The second kappa shape index (κ2) is 7.99. The molecule has 2 bridgehead atoms. The molecule has 0 radical (unpaired) electrons. The number of fused-ring (bicyclic) bond motifs is 3. The van der Waals surface area contributed by atoms with Gasteiger partial charge >= 0.3 is 0 Å². The molecule has 142 valence electrons. The fourth-order valence-electron chi connectivity index (χ4n) is 5.21. The van der Waals surface area contributed by atoms with E-state index in [1.165, 1.54) is 43.5 Å². The van der Waals surface area contributed by atoms with Crippen molar-refractivity contribution in [3.8, 4) is 0 Å². The van der Waals surface area contributed by atoms with Gasteiger partial charge in [-0.3, -0.25) is 0 Å². The molecule has 3 fully saturated rings. The summed E-state index contributed by atoms with van der Waals surface area (Å²) in [6.45, 7) is 6.61. The van der Waals surface area contributed by atoms with Crippen LogP contribution in [0.3, 0.4) is 0 Å². The van der Waals surface area contributed by atoms with Gasteiger partial charge in [-0.1, -0.05) is 53.5 Å². The van der Waals surface area contributed by atoms with Gasteiger partial charge in [0.1, 0.15) is 0 Å². The molecule has 0 N–H and O–H groups in total. The second-order valence-electron chi connectivity index (χ2n) is 8.16. The van der Waals surface area contributed by atoms with Crippen LogP contribution in [0.25, 0.3) is 0 Å². The Bertz CT molecular complexity index is 728. The molecule has 2 aromatic carbocycles. The van der Waals surface area contributed by atoms with E-state index < -0.39 is 0 Å². The van der Waals surface area contributed by atoms with Gasteiger partial charge in [0.05, 0.1) is 0 Å². The molecule has 5 rings (SSSR count). The number of benzene rings is 2. The van der Waals surface area contributed by atoms with Crippen molar-refractivity contribution in [2.75, 3.05) is 13.1 Å². The highest BCUT2D eigenvalue weighted by molar-refractivity contribution is 6.30. The number of nitrogens with zero attached hydrogens (tertiary/aromatic N) is 1. The molecule has 3 heteroatoms. The van der Waals surface area contributed by atoms with Crippen LogP contribution in [-0.4, -0.2) is 24.0 Å². The van der Waals surface area contributed by atoms with Gasteiger partial charge in [-0.05, 0) is 86.5 Å². The summed E-state index contributed by atoms with van der Waals surface area (Å²) in [5.74, 6) is 0.900. The first-order chi connectivity index (χ1) is 13.1. The Morgan fingerprint density at radius 1 is 0.926 bits per heavy atom. The number of hydrogen-bond donors (Lipinski definition) is 0. The molecule has 3 saturated heterocycles. The summed E-state index contributed by atoms with van der Waals surface area (Å²) in [6.07, 6.45) is 8.14. The fourth-order valence-corrected chi connectivity index (χ4v) is 5.46. The largest absolute Gasteiger partial charge is 0.300 e. The number of halogens is 2. The van der Waals surface area contributed by atoms with E-state index in [0.29, 0.717) is 6.04 Å². The van der Waals surface area contributed by atoms with Crippen LogP contribution in [0.1, 0.15) is 43.2 Å². The molecular formula is C24H27Cl2N. The fraction of sp³-hybridized carbons (Fsp3) is 0.417. The van der Waals surface area contributed by atoms with Gasteiger partial charge in [-0.15, -0.1) is 6.58 Å². The first kappa shape index (κ1) is 19.1. The molecule has 0 aliphatic carbocycles. The predicted octanol–water partition coefficient (Wildman–Crippen LogP) is 6.73. The van der Waals surface area contributed by atoms with Crippen LogP contribution in [-0.2, 0) is 5.41 Å². The lowest BCUT2D eigenvalue weighted by atomic mass is 9.66. The molecule has 3 aliphatic heterocycles. The minimum Gasteiger partial charge on any atom is -0.300 e. The summed E-state index contributed by atoms with van der Waals surface area (Å²) >= 11 is 12.4. The van der Waals surface area contributed by atoms with Gasteiger partial charge in [0.2, 0.25) is 0 Å². The Hall–Kier alpha value is -1.28. The van der Waals surface area contributed by atoms with Crippen LogP contribution in [0.15, 0.2) is 61.2 Å². The monoisotopic (exact) mass is 399 g/mol. The van der Waals surface area contributed by atoms with Gasteiger partial charge in [0, 0.05) is 21.5 Å². The van der Waals surface area contributed by atoms with Crippen LogP contribution in [0.4, 0.5) is 0 Å². The standard InChI is InChI=1S/C24H27Cl2N/c1-2-13-24(19-3-7-21(25)8-4-19,20-5-9-22(26)10-6-20)17-23-16-18-11-14-27(23)15-12-18/h2-10,18,23H,1,11-17H2. The Balaban J connectivity index is 1.78. The maximum atomic E-state index is 6.20. The Kier molecular flexibility index (Phi) is 5.64. The lowest BCUT2D eigenvalue weighted by molar-refractivity contribution is 0.0355. The Morgan fingerprint density at radius 3 is 1.85 bits per heavy atom. The third-order valence-corrected chi connectivity index (χ3v) is 7.15. The van der Waals surface area contributed by atoms with Gasteiger partial charge in [0.15, 0.2) is 0 Å². The first-order valence-electron chi connectivity index (χ1n) is 9.98. The Morgan fingerprint density at radius 2 is 1.44 bits per heavy atom. The highest BCUT2D eigenvalue weighted by Gasteiger charge is 2.41. The summed E-state index contributed by atoms with van der Waals surface area (Å²) < 4.78 is 0. The number of allylic oxidation sites excluding steroid dienone is 1. The number of hydrogen-bond acceptors (Lipinski definition) is 1. The average molecular weight is 400 g/mol. The zero-order chi connectivity index (χ0) is 18.9. The first-order valence-corrected chi connectivity index (χ1v) is 10.7. The van der Waals surface area contributed by atoms with Gasteiger partial charge in [-0.2, -0.15) is 0 Å². The maximum Gasteiger partial charge on any atom is 0.0406 e. The second-order valence-corrected chi connectivity index (χ2v) is 9.03. The van der Waals surface area contributed by atoms with E-state index in [4.69, 9.17) is 23.2 Å². The van der Waals surface area contributed by atoms with Crippen molar-refractivity contribution in [1.29, 1.82) is 0 Å². The molecule has 0 saturated carbocycles. The summed E-state index contributed by atoms with van der Waals surface area (Å²) in [4.78, 5) is 2.71. The van der Waals surface area contributed by atoms with E-state index in [9.17, 15) is 0 Å². The van der Waals surface area contributed by atoms with Crippen molar-refractivity contribution in [2.45, 2.75) is 43.6 Å². The van der Waals surface area contributed by atoms with Gasteiger partial charge in [-0.25, -0.2) is 0 Å². The van der Waals surface area contributed by atoms with E-state index in [0.717, 1.165) is 28.8 Å². The highest BCUT2D eigenvalue weighted by Crippen LogP contribution is 2.45. The average Bonchev–Trinajstić information content (AvgIpc) is 2.70. The summed E-state index contributed by atoms with van der Waals surface area (Å²) in [6, 6.07) is 17.4. The smallest absolute Gasteiger partial charge is 0.0406 e. The van der Waals surface area contributed by atoms with Gasteiger partial charge in [0.25, 0.3) is 0 Å². The molecule has 3 aliphatic rings. The third kappa shape index (κ3) is 3.83. The molecule has 0 spiro atoms. The summed E-state index contributed by atoms with van der Waals surface area (Å²) in [5, 5.41) is 1.56. The molecule has 1 atom stereocenters. The van der Waals surface area contributed by atoms with Crippen LogP contribution >= 0.6 is 23.2 Å². The van der Waals surface area contributed by atoms with Crippen molar-refractivity contribution >= 4 is 23.2 Å². The number of rotatable bonds is 6. The molecule has 2 aromatic rings. The third-order valence-electron chi connectivity index (χ3n) is 6.64. The SMILES string of the molecule is C=CCC(CC1CC2CCN1CC2)(c1ccc(Cl)cc1)c1ccc(Cl)cc1. The normalized spacial score (nSPS) is 24.7. The molecule has 27 heavy (non-hydrogen) atoms. The topological polar surface area (TPSA) is 3.24 Å². The maximum absolute atomic E-state index is 6.20. The van der Waals surface area contributed by atoms with Crippen LogP contribution in [0.5, 0.6) is 0 Å². The summed E-state index contributed by atoms with van der Waals surface area (Å²) in [7, 11) is 0. The lowest BCUT2D eigenvalue weighted by Crippen LogP contribution is -2.51. The van der Waals surface area contributed by atoms with Crippen molar-refractivity contribution in [1.82, 2.24) is 4.90 Å². The van der Waals surface area contributed by atoms with Crippen molar-refractivity contribution < 1.29 is 0 Å². The lowest BCUT2D eigenvalue weighted by Gasteiger charge is -2.49. The van der Waals surface area contributed by atoms with Crippen molar-refractivity contribution in [3.63, 3.8) is 0 Å². The van der Waals surface area contributed by atoms with E-state index in [1.54, 1.807) is 0 Å². The molecule has 0 amide bonds. The van der Waals surface area contributed by atoms with Crippen molar-refractivity contribution in [2.24, 2.45) is 5.92 Å². The van der Waals surface area contributed by atoms with Crippen molar-refractivity contribution in [3.05, 3.63) is 82.4 Å². The quantitative estimate of drug-likeness (QED) is 0.486. The molecule has 0 aromatic heterocycles. The molecule has 1 nitrogen and oxygen atoms in total. The molecule has 3 heterocycles. The minimum absolute atomic E-state index is 0.0981. The zero-order valence-corrected chi connectivity index (χ0v) is 17.2. The molecule has 1 unspecified atom stereocenters. The minimum atomic E-state index is -0.0981. The van der Waals surface area contributed by atoms with Gasteiger partial charge < -0.3 is 4.90 Å². The Labute approximate surface area is 173 Å².